The van der Waals surface area contributed by atoms with Crippen LogP contribution in [0.2, 0.25) is 0 Å². The van der Waals surface area contributed by atoms with Gasteiger partial charge in [0.2, 0.25) is 0 Å². The number of halogens is 1. The molecular formula is C20H19FN4OS. The number of thioether (sulfide) groups is 1. The Hall–Kier alpha value is -2.51. The minimum absolute atomic E-state index is 0.0536. The fourth-order valence-corrected chi connectivity index (χ4v) is 3.69. The summed E-state index contributed by atoms with van der Waals surface area (Å²) in [5, 5.41) is 0.667. The van der Waals surface area contributed by atoms with Gasteiger partial charge in [0.25, 0.3) is 5.56 Å². The third-order valence-electron chi connectivity index (χ3n) is 4.70. The highest BCUT2D eigenvalue weighted by molar-refractivity contribution is 7.98. The number of nitrogens with one attached hydrogen (secondary N) is 1. The number of rotatable bonds is 4. The second kappa shape index (κ2) is 7.62. The van der Waals surface area contributed by atoms with Crippen molar-refractivity contribution in [2.45, 2.75) is 24.7 Å². The van der Waals surface area contributed by atoms with Crippen molar-refractivity contribution in [1.29, 1.82) is 0 Å². The van der Waals surface area contributed by atoms with Gasteiger partial charge in [-0.25, -0.2) is 9.37 Å². The van der Waals surface area contributed by atoms with Crippen molar-refractivity contribution in [1.82, 2.24) is 19.9 Å². The van der Waals surface area contributed by atoms with Gasteiger partial charge >= 0.3 is 0 Å². The van der Waals surface area contributed by atoms with Gasteiger partial charge in [-0.2, -0.15) is 0 Å². The molecule has 5 nitrogen and oxygen atoms in total. The summed E-state index contributed by atoms with van der Waals surface area (Å²) in [6, 6.07) is 10.4. The van der Waals surface area contributed by atoms with Crippen molar-refractivity contribution in [3.8, 4) is 11.3 Å². The van der Waals surface area contributed by atoms with Crippen LogP contribution < -0.4 is 5.56 Å². The molecule has 0 spiro atoms. The largest absolute Gasteiger partial charge is 0.301 e. The number of hydrogen-bond donors (Lipinski definition) is 1. The zero-order valence-electron chi connectivity index (χ0n) is 14.9. The Bertz CT molecular complexity index is 1020. The average Bonchev–Trinajstić information content (AvgIpc) is 2.69. The summed E-state index contributed by atoms with van der Waals surface area (Å²) in [6.07, 6.45) is 4.43. The molecule has 4 rings (SSSR count). The third-order valence-corrected chi connectivity index (χ3v) is 5.28. The van der Waals surface area contributed by atoms with Crippen LogP contribution in [0.15, 0.2) is 52.5 Å². The van der Waals surface area contributed by atoms with E-state index in [4.69, 9.17) is 0 Å². The smallest absolute Gasteiger partial charge is 0.256 e. The molecule has 0 saturated carbocycles. The van der Waals surface area contributed by atoms with E-state index in [9.17, 15) is 9.18 Å². The molecule has 3 aromatic rings. The monoisotopic (exact) mass is 382 g/mol. The number of benzene rings is 1. The van der Waals surface area contributed by atoms with Gasteiger partial charge in [-0.15, -0.1) is 0 Å². The Morgan fingerprint density at radius 1 is 1.26 bits per heavy atom. The van der Waals surface area contributed by atoms with Gasteiger partial charge < -0.3 is 4.98 Å². The molecule has 0 atom stereocenters. The van der Waals surface area contributed by atoms with Gasteiger partial charge in [-0.05, 0) is 30.0 Å². The Kier molecular flexibility index (Phi) is 5.05. The topological polar surface area (TPSA) is 61.9 Å². The minimum atomic E-state index is -0.276. The van der Waals surface area contributed by atoms with Crippen LogP contribution >= 0.6 is 11.8 Å². The van der Waals surface area contributed by atoms with Crippen molar-refractivity contribution >= 4 is 11.8 Å². The molecule has 0 amide bonds. The zero-order chi connectivity index (χ0) is 18.8. The highest BCUT2D eigenvalue weighted by Gasteiger charge is 2.21. The number of aromatic amines is 1. The lowest BCUT2D eigenvalue weighted by molar-refractivity contribution is 0.240. The molecule has 27 heavy (non-hydrogen) atoms. The predicted molar refractivity (Wildman–Crippen MR) is 104 cm³/mol. The van der Waals surface area contributed by atoms with Gasteiger partial charge in [-0.1, -0.05) is 30.0 Å². The van der Waals surface area contributed by atoms with Gasteiger partial charge in [0.15, 0.2) is 5.16 Å². The normalized spacial score (nSPS) is 14.1. The van der Waals surface area contributed by atoms with Crippen molar-refractivity contribution in [2.75, 3.05) is 12.8 Å². The summed E-state index contributed by atoms with van der Waals surface area (Å²) in [7, 11) is 0. The maximum Gasteiger partial charge on any atom is 0.256 e. The lowest BCUT2D eigenvalue weighted by atomic mass is 10.1. The Balaban J connectivity index is 1.49. The molecule has 0 aliphatic carbocycles. The van der Waals surface area contributed by atoms with E-state index in [0.29, 0.717) is 29.5 Å². The fraction of sp³-hybridized carbons (Fsp3) is 0.250. The second-order valence-electron chi connectivity index (χ2n) is 6.49. The first-order valence-electron chi connectivity index (χ1n) is 8.72. The lowest BCUT2D eigenvalue weighted by Gasteiger charge is -2.27. The number of nitrogens with zero attached hydrogens (tertiary/aromatic N) is 3. The summed E-state index contributed by atoms with van der Waals surface area (Å²) in [6.45, 7) is 2.10. The molecule has 7 heteroatoms. The molecule has 1 N–H and O–H groups in total. The summed E-state index contributed by atoms with van der Waals surface area (Å²) in [5.74, 6) is -0.276. The van der Waals surface area contributed by atoms with Gasteiger partial charge in [0.05, 0.1) is 17.0 Å². The summed E-state index contributed by atoms with van der Waals surface area (Å²) in [5.41, 5.74) is 3.73. The van der Waals surface area contributed by atoms with Gasteiger partial charge in [0.1, 0.15) is 5.82 Å². The van der Waals surface area contributed by atoms with Crippen molar-refractivity contribution in [3.63, 3.8) is 0 Å². The first-order valence-corrected chi connectivity index (χ1v) is 9.95. The molecule has 138 valence electrons. The summed E-state index contributed by atoms with van der Waals surface area (Å²) in [4.78, 5) is 26.3. The highest BCUT2D eigenvalue weighted by Crippen LogP contribution is 2.22. The van der Waals surface area contributed by atoms with Crippen LogP contribution in [0, 0.1) is 5.82 Å². The van der Waals surface area contributed by atoms with E-state index in [-0.39, 0.29) is 11.4 Å². The Morgan fingerprint density at radius 3 is 2.85 bits per heavy atom. The van der Waals surface area contributed by atoms with Crippen LogP contribution in [0.25, 0.3) is 11.3 Å². The maximum absolute atomic E-state index is 13.9. The van der Waals surface area contributed by atoms with Crippen LogP contribution in [0.4, 0.5) is 4.39 Å². The standard InChI is InChI=1S/C20H19FN4OS/c1-27-20-23-18-8-9-25(12-15(18)19(26)24-20)11-13-6-7-17(22-10-13)14-4-2-3-5-16(14)21/h2-7,10H,8-9,11-12H2,1H3,(H,23,24,26). The molecule has 3 heterocycles. The molecule has 0 radical (unpaired) electrons. The van der Waals surface area contributed by atoms with E-state index in [0.717, 1.165) is 29.8 Å². The molecule has 0 saturated heterocycles. The summed E-state index contributed by atoms with van der Waals surface area (Å²) < 4.78 is 13.9. The molecule has 0 unspecified atom stereocenters. The van der Waals surface area contributed by atoms with Crippen LogP contribution in [0.1, 0.15) is 16.8 Å². The van der Waals surface area contributed by atoms with Crippen LogP contribution in [0.3, 0.4) is 0 Å². The fourth-order valence-electron chi connectivity index (χ4n) is 3.29. The second-order valence-corrected chi connectivity index (χ2v) is 7.29. The third kappa shape index (κ3) is 3.79. The molecular weight excluding hydrogens is 363 g/mol. The van der Waals surface area contributed by atoms with Crippen molar-refractivity contribution < 1.29 is 4.39 Å². The van der Waals surface area contributed by atoms with E-state index in [1.807, 2.05) is 18.4 Å². The number of aromatic nitrogens is 3. The average molecular weight is 382 g/mol. The van der Waals surface area contributed by atoms with E-state index in [1.165, 1.54) is 17.8 Å². The molecule has 1 aromatic carbocycles. The number of pyridine rings is 1. The summed E-state index contributed by atoms with van der Waals surface area (Å²) >= 11 is 1.44. The molecule has 1 aliphatic rings. The maximum atomic E-state index is 13.9. The van der Waals surface area contributed by atoms with Crippen molar-refractivity contribution in [3.05, 3.63) is 75.6 Å². The van der Waals surface area contributed by atoms with Crippen molar-refractivity contribution in [2.24, 2.45) is 0 Å². The van der Waals surface area contributed by atoms with Crippen LogP contribution in [-0.4, -0.2) is 32.7 Å². The predicted octanol–water partition coefficient (Wildman–Crippen LogP) is 3.25. The van der Waals surface area contributed by atoms with E-state index < -0.39 is 0 Å². The Labute approximate surface area is 160 Å². The number of hydrogen-bond acceptors (Lipinski definition) is 5. The lowest BCUT2D eigenvalue weighted by Crippen LogP contribution is -2.35. The van der Waals surface area contributed by atoms with E-state index >= 15 is 0 Å². The quantitative estimate of drug-likeness (QED) is 0.554. The Morgan fingerprint density at radius 2 is 2.11 bits per heavy atom. The minimum Gasteiger partial charge on any atom is -0.301 e. The first-order chi connectivity index (χ1) is 13.1. The highest BCUT2D eigenvalue weighted by atomic mass is 32.2. The zero-order valence-corrected chi connectivity index (χ0v) is 15.7. The first kappa shape index (κ1) is 17.9. The molecule has 0 fully saturated rings. The van der Waals surface area contributed by atoms with Gasteiger partial charge in [0, 0.05) is 37.8 Å². The molecule has 2 aromatic heterocycles. The molecule has 1 aliphatic heterocycles. The SMILES string of the molecule is CSc1nc2c(c(=O)[nH]1)CN(Cc1ccc(-c3ccccc3F)nc1)CC2. The van der Waals surface area contributed by atoms with E-state index in [1.54, 1.807) is 24.4 Å². The number of H-pyrrole nitrogens is 1. The van der Waals surface area contributed by atoms with E-state index in [2.05, 4.69) is 19.9 Å². The number of fused-ring (bicyclic) bond motifs is 1. The van der Waals surface area contributed by atoms with Crippen LogP contribution in [-0.2, 0) is 19.5 Å². The van der Waals surface area contributed by atoms with Gasteiger partial charge in [-0.3, -0.25) is 14.7 Å². The van der Waals surface area contributed by atoms with Crippen LogP contribution in [0.5, 0.6) is 0 Å². The molecule has 0 bridgehead atoms.